The number of aryl methyl sites for hydroxylation is 2. The van der Waals surface area contributed by atoms with Crippen molar-refractivity contribution in [3.8, 4) is 11.5 Å². The third-order valence-electron chi connectivity index (χ3n) is 3.45. The predicted molar refractivity (Wildman–Crippen MR) is 89.9 cm³/mol. The van der Waals surface area contributed by atoms with E-state index in [0.29, 0.717) is 12.4 Å². The zero-order valence-electron chi connectivity index (χ0n) is 13.5. The molecule has 0 aliphatic carbocycles. The summed E-state index contributed by atoms with van der Waals surface area (Å²) in [7, 11) is 1.60. The third-order valence-corrected chi connectivity index (χ3v) is 3.45. The number of ether oxygens (including phenoxy) is 2. The van der Waals surface area contributed by atoms with Gasteiger partial charge in [-0.1, -0.05) is 18.2 Å². The third kappa shape index (κ3) is 4.61. The van der Waals surface area contributed by atoms with Crippen molar-refractivity contribution in [3.63, 3.8) is 0 Å². The minimum atomic E-state index is -0.978. The summed E-state index contributed by atoms with van der Waals surface area (Å²) in [6.07, 6.45) is 2.65. The molecule has 0 aliphatic rings. The molecule has 0 heterocycles. The topological polar surface area (TPSA) is 55.8 Å². The van der Waals surface area contributed by atoms with Gasteiger partial charge in [-0.25, -0.2) is 4.79 Å². The molecule has 0 bridgehead atoms. The molecule has 0 unspecified atom stereocenters. The molecule has 2 aromatic carbocycles. The van der Waals surface area contributed by atoms with E-state index >= 15 is 0 Å². The Morgan fingerprint density at radius 3 is 2.61 bits per heavy atom. The summed E-state index contributed by atoms with van der Waals surface area (Å²) in [5, 5.41) is 8.72. The summed E-state index contributed by atoms with van der Waals surface area (Å²) in [6.45, 7) is 4.37. The van der Waals surface area contributed by atoms with Crippen molar-refractivity contribution in [2.45, 2.75) is 20.5 Å². The van der Waals surface area contributed by atoms with Crippen LogP contribution < -0.4 is 9.47 Å². The summed E-state index contributed by atoms with van der Waals surface area (Å²) < 4.78 is 11.3. The molecule has 0 fully saturated rings. The molecule has 2 aromatic rings. The zero-order chi connectivity index (χ0) is 16.8. The lowest BCUT2D eigenvalue weighted by Gasteiger charge is -2.13. The average Bonchev–Trinajstić information content (AvgIpc) is 2.53. The van der Waals surface area contributed by atoms with Crippen LogP contribution in [0.25, 0.3) is 6.08 Å². The van der Waals surface area contributed by atoms with E-state index in [0.717, 1.165) is 34.1 Å². The molecule has 0 amide bonds. The summed E-state index contributed by atoms with van der Waals surface area (Å²) in [6, 6.07) is 11.5. The second kappa shape index (κ2) is 7.49. The lowest BCUT2D eigenvalue weighted by molar-refractivity contribution is -0.131. The van der Waals surface area contributed by atoms with E-state index < -0.39 is 5.97 Å². The van der Waals surface area contributed by atoms with Crippen molar-refractivity contribution < 1.29 is 19.4 Å². The minimum absolute atomic E-state index is 0.349. The number of rotatable bonds is 6. The molecule has 120 valence electrons. The van der Waals surface area contributed by atoms with E-state index in [4.69, 9.17) is 14.6 Å². The number of carboxylic acid groups (broad SMARTS) is 1. The number of benzene rings is 2. The van der Waals surface area contributed by atoms with E-state index in [1.165, 1.54) is 0 Å². The Bertz CT molecular complexity index is 732. The van der Waals surface area contributed by atoms with Crippen LogP contribution >= 0.6 is 0 Å². The van der Waals surface area contributed by atoms with Gasteiger partial charge in [0.05, 0.1) is 7.11 Å². The molecule has 4 nitrogen and oxygen atoms in total. The lowest BCUT2D eigenvalue weighted by Crippen LogP contribution is -2.00. The fourth-order valence-corrected chi connectivity index (χ4v) is 2.20. The molecule has 0 saturated carbocycles. The van der Waals surface area contributed by atoms with Crippen molar-refractivity contribution in [2.75, 3.05) is 7.11 Å². The molecule has 0 aromatic heterocycles. The van der Waals surface area contributed by atoms with Gasteiger partial charge in [0.15, 0.2) is 0 Å². The highest BCUT2D eigenvalue weighted by Gasteiger charge is 2.07. The normalized spacial score (nSPS) is 10.7. The Morgan fingerprint density at radius 1 is 1.13 bits per heavy atom. The van der Waals surface area contributed by atoms with Gasteiger partial charge in [-0.15, -0.1) is 0 Å². The highest BCUT2D eigenvalue weighted by Crippen LogP contribution is 2.25. The Kier molecular flexibility index (Phi) is 5.41. The van der Waals surface area contributed by atoms with Crippen molar-refractivity contribution in [1.82, 2.24) is 0 Å². The summed E-state index contributed by atoms with van der Waals surface area (Å²) in [4.78, 5) is 10.6. The first kappa shape index (κ1) is 16.6. The van der Waals surface area contributed by atoms with Crippen molar-refractivity contribution in [2.24, 2.45) is 0 Å². The van der Waals surface area contributed by atoms with E-state index in [1.54, 1.807) is 19.3 Å². The molecule has 0 saturated heterocycles. The van der Waals surface area contributed by atoms with E-state index in [-0.39, 0.29) is 0 Å². The van der Waals surface area contributed by atoms with Gasteiger partial charge in [-0.05, 0) is 54.8 Å². The Labute approximate surface area is 136 Å². The number of hydrogen-bond acceptors (Lipinski definition) is 3. The zero-order valence-corrected chi connectivity index (χ0v) is 13.5. The fraction of sp³-hybridized carbons (Fsp3) is 0.211. The van der Waals surface area contributed by atoms with Crippen molar-refractivity contribution >= 4 is 12.0 Å². The second-order valence-electron chi connectivity index (χ2n) is 5.30. The largest absolute Gasteiger partial charge is 0.496 e. The van der Waals surface area contributed by atoms with Gasteiger partial charge >= 0.3 is 5.97 Å². The van der Waals surface area contributed by atoms with Crippen LogP contribution in [-0.2, 0) is 11.4 Å². The first-order valence-electron chi connectivity index (χ1n) is 7.27. The summed E-state index contributed by atoms with van der Waals surface area (Å²) in [5.74, 6) is 0.565. The van der Waals surface area contributed by atoms with Gasteiger partial charge < -0.3 is 14.6 Å². The van der Waals surface area contributed by atoms with E-state index in [2.05, 4.69) is 0 Å². The maximum Gasteiger partial charge on any atom is 0.328 e. The van der Waals surface area contributed by atoms with Crippen LogP contribution in [0, 0.1) is 13.8 Å². The first-order chi connectivity index (χ1) is 11.0. The van der Waals surface area contributed by atoms with Crippen LogP contribution in [0.5, 0.6) is 11.5 Å². The van der Waals surface area contributed by atoms with Crippen molar-refractivity contribution in [3.05, 3.63) is 64.7 Å². The first-order valence-corrected chi connectivity index (χ1v) is 7.27. The number of aliphatic carboxylic acids is 1. The number of hydrogen-bond donors (Lipinski definition) is 1. The fourth-order valence-electron chi connectivity index (χ4n) is 2.20. The molecule has 4 heteroatoms. The van der Waals surface area contributed by atoms with Gasteiger partial charge in [0.2, 0.25) is 0 Å². The van der Waals surface area contributed by atoms with Gasteiger partial charge in [-0.3, -0.25) is 0 Å². The quantitative estimate of drug-likeness (QED) is 0.819. The molecule has 1 N–H and O–H groups in total. The van der Waals surface area contributed by atoms with Crippen LogP contribution in [0.3, 0.4) is 0 Å². The monoisotopic (exact) mass is 312 g/mol. The average molecular weight is 312 g/mol. The van der Waals surface area contributed by atoms with Crippen LogP contribution in [0.15, 0.2) is 42.5 Å². The molecular formula is C19H20O4. The standard InChI is InChI=1S/C19H20O4/c1-13-4-5-14(2)18(10-13)23-12-16-11-15(7-9-19(20)21)6-8-17(16)22-3/h4-11H,12H2,1-3H3,(H,20,21)/b9-7+. The molecule has 0 atom stereocenters. The van der Waals surface area contributed by atoms with Gasteiger partial charge in [-0.2, -0.15) is 0 Å². The van der Waals surface area contributed by atoms with E-state index in [1.807, 2.05) is 44.2 Å². The molecule has 0 radical (unpaired) electrons. The Balaban J connectivity index is 2.21. The number of carboxylic acids is 1. The SMILES string of the molecule is COc1ccc(/C=C/C(=O)O)cc1COc1cc(C)ccc1C. The maximum absolute atomic E-state index is 10.6. The van der Waals surface area contributed by atoms with Gasteiger partial charge in [0.1, 0.15) is 18.1 Å². The van der Waals surface area contributed by atoms with Gasteiger partial charge in [0, 0.05) is 11.6 Å². The predicted octanol–water partition coefficient (Wildman–Crippen LogP) is 3.99. The van der Waals surface area contributed by atoms with Crippen LogP contribution in [0.4, 0.5) is 0 Å². The molecule has 2 rings (SSSR count). The maximum atomic E-state index is 10.6. The number of carbonyl (C=O) groups is 1. The van der Waals surface area contributed by atoms with Crippen LogP contribution in [-0.4, -0.2) is 18.2 Å². The Morgan fingerprint density at radius 2 is 1.91 bits per heavy atom. The smallest absolute Gasteiger partial charge is 0.328 e. The Hall–Kier alpha value is -2.75. The minimum Gasteiger partial charge on any atom is -0.496 e. The highest BCUT2D eigenvalue weighted by molar-refractivity contribution is 5.85. The van der Waals surface area contributed by atoms with Gasteiger partial charge in [0.25, 0.3) is 0 Å². The second-order valence-corrected chi connectivity index (χ2v) is 5.30. The van der Waals surface area contributed by atoms with Crippen LogP contribution in [0.1, 0.15) is 22.3 Å². The lowest BCUT2D eigenvalue weighted by atomic mass is 10.1. The summed E-state index contributed by atoms with van der Waals surface area (Å²) >= 11 is 0. The van der Waals surface area contributed by atoms with E-state index in [9.17, 15) is 4.79 Å². The molecule has 0 aliphatic heterocycles. The van der Waals surface area contributed by atoms with Crippen LogP contribution in [0.2, 0.25) is 0 Å². The summed E-state index contributed by atoms with van der Waals surface area (Å²) in [5.41, 5.74) is 3.85. The molecule has 23 heavy (non-hydrogen) atoms. The van der Waals surface area contributed by atoms with Crippen molar-refractivity contribution in [1.29, 1.82) is 0 Å². The highest BCUT2D eigenvalue weighted by atomic mass is 16.5. The molecule has 0 spiro atoms. The molecular weight excluding hydrogens is 292 g/mol. The number of methoxy groups -OCH3 is 1.